The van der Waals surface area contributed by atoms with Crippen LogP contribution in [0.2, 0.25) is 0 Å². The summed E-state index contributed by atoms with van der Waals surface area (Å²) in [6.45, 7) is 1.99. The minimum Gasteiger partial charge on any atom is -0.394 e. The molecule has 0 amide bonds. The van der Waals surface area contributed by atoms with Crippen molar-refractivity contribution in [3.63, 3.8) is 0 Å². The van der Waals surface area contributed by atoms with Gasteiger partial charge < -0.3 is 10.3 Å². The van der Waals surface area contributed by atoms with E-state index in [1.807, 2.05) is 0 Å². The molecule has 5 nitrogen and oxygen atoms in total. The minimum atomic E-state index is -2.96. The summed E-state index contributed by atoms with van der Waals surface area (Å²) in [5.74, 6) is 0.240. The van der Waals surface area contributed by atoms with Gasteiger partial charge in [0.25, 0.3) is 5.56 Å². The summed E-state index contributed by atoms with van der Waals surface area (Å²) in [5.41, 5.74) is 5.37. The average Bonchev–Trinajstić information content (AvgIpc) is 2.24. The fourth-order valence-corrected chi connectivity index (χ4v) is 2.19. The van der Waals surface area contributed by atoms with Crippen LogP contribution in [0.1, 0.15) is 13.3 Å². The summed E-state index contributed by atoms with van der Waals surface area (Å²) in [6, 6.07) is 3.20. The number of nitrogen functional groups attached to an aromatic ring is 1. The summed E-state index contributed by atoms with van der Waals surface area (Å²) in [5, 5.41) is 0. The predicted molar refractivity (Wildman–Crippen MR) is 64.1 cm³/mol. The van der Waals surface area contributed by atoms with Gasteiger partial charge in [0.1, 0.15) is 9.84 Å². The second-order valence-electron chi connectivity index (χ2n) is 3.55. The van der Waals surface area contributed by atoms with Crippen molar-refractivity contribution in [2.45, 2.75) is 19.9 Å². The van der Waals surface area contributed by atoms with Crippen LogP contribution in [0.25, 0.3) is 0 Å². The van der Waals surface area contributed by atoms with Gasteiger partial charge in [-0.3, -0.25) is 4.79 Å². The molecule has 0 fully saturated rings. The van der Waals surface area contributed by atoms with Crippen LogP contribution in [0.5, 0.6) is 0 Å². The highest BCUT2D eigenvalue weighted by Crippen LogP contribution is 1.97. The molecule has 1 aromatic heterocycles. The van der Waals surface area contributed by atoms with Crippen LogP contribution in [-0.2, 0) is 16.4 Å². The SMILES string of the molecule is CCS(=O)(=O)CCCn1cccc(N)c1=O. The Kier molecular flexibility index (Phi) is 4.12. The summed E-state index contributed by atoms with van der Waals surface area (Å²) >= 11 is 0. The predicted octanol–water partition coefficient (Wildman–Crippen LogP) is 0.255. The Morgan fingerprint density at radius 2 is 2.12 bits per heavy atom. The van der Waals surface area contributed by atoms with Gasteiger partial charge in [-0.1, -0.05) is 6.92 Å². The van der Waals surface area contributed by atoms with E-state index in [-0.39, 0.29) is 22.8 Å². The standard InChI is InChI=1S/C10H16N2O3S/c1-2-16(14,15)8-4-7-12-6-3-5-9(11)10(12)13/h3,5-6H,2,4,7-8,11H2,1H3. The van der Waals surface area contributed by atoms with Gasteiger partial charge in [-0.25, -0.2) is 8.42 Å². The molecule has 1 aromatic rings. The third-order valence-corrected chi connectivity index (χ3v) is 4.13. The van der Waals surface area contributed by atoms with Crippen LogP contribution in [0, 0.1) is 0 Å². The first-order valence-corrected chi connectivity index (χ1v) is 6.94. The van der Waals surface area contributed by atoms with Crippen LogP contribution in [0.15, 0.2) is 23.1 Å². The molecule has 6 heteroatoms. The molecular weight excluding hydrogens is 228 g/mol. The Balaban J connectivity index is 2.63. The third-order valence-electron chi connectivity index (χ3n) is 2.34. The van der Waals surface area contributed by atoms with Crippen molar-refractivity contribution in [1.29, 1.82) is 0 Å². The number of sulfone groups is 1. The van der Waals surface area contributed by atoms with Gasteiger partial charge >= 0.3 is 0 Å². The number of aromatic nitrogens is 1. The van der Waals surface area contributed by atoms with E-state index in [0.29, 0.717) is 13.0 Å². The molecular formula is C10H16N2O3S. The Morgan fingerprint density at radius 3 is 2.75 bits per heavy atom. The second kappa shape index (κ2) is 5.16. The van der Waals surface area contributed by atoms with Crippen molar-refractivity contribution < 1.29 is 8.42 Å². The van der Waals surface area contributed by atoms with Crippen LogP contribution in [-0.4, -0.2) is 24.5 Å². The number of anilines is 1. The fourth-order valence-electron chi connectivity index (χ4n) is 1.33. The van der Waals surface area contributed by atoms with Gasteiger partial charge in [-0.2, -0.15) is 0 Å². The Labute approximate surface area is 94.8 Å². The van der Waals surface area contributed by atoms with Gasteiger partial charge in [0.2, 0.25) is 0 Å². The number of pyridine rings is 1. The first-order valence-electron chi connectivity index (χ1n) is 5.11. The highest BCUT2D eigenvalue weighted by Gasteiger charge is 2.07. The quantitative estimate of drug-likeness (QED) is 0.805. The molecule has 16 heavy (non-hydrogen) atoms. The van der Waals surface area contributed by atoms with Crippen molar-refractivity contribution in [2.24, 2.45) is 0 Å². The maximum Gasteiger partial charge on any atom is 0.273 e. The lowest BCUT2D eigenvalue weighted by Gasteiger charge is -2.06. The number of rotatable bonds is 5. The van der Waals surface area contributed by atoms with Crippen molar-refractivity contribution in [3.05, 3.63) is 28.7 Å². The molecule has 0 aliphatic rings. The van der Waals surface area contributed by atoms with Crippen LogP contribution < -0.4 is 11.3 Å². The molecule has 0 bridgehead atoms. The van der Waals surface area contributed by atoms with Crippen molar-refractivity contribution in [1.82, 2.24) is 4.57 Å². The van der Waals surface area contributed by atoms with Gasteiger partial charge in [0, 0.05) is 18.5 Å². The zero-order chi connectivity index (χ0) is 12.2. The van der Waals surface area contributed by atoms with Crippen molar-refractivity contribution in [3.8, 4) is 0 Å². The lowest BCUT2D eigenvalue weighted by Crippen LogP contribution is -2.23. The molecule has 2 N–H and O–H groups in total. The zero-order valence-corrected chi connectivity index (χ0v) is 10.0. The van der Waals surface area contributed by atoms with E-state index >= 15 is 0 Å². The van der Waals surface area contributed by atoms with E-state index < -0.39 is 9.84 Å². The summed E-state index contributed by atoms with van der Waals surface area (Å²) < 4.78 is 23.9. The maximum atomic E-state index is 11.5. The van der Waals surface area contributed by atoms with E-state index in [0.717, 1.165) is 0 Å². The van der Waals surface area contributed by atoms with Gasteiger partial charge in [-0.15, -0.1) is 0 Å². The molecule has 0 saturated carbocycles. The molecule has 0 aliphatic carbocycles. The highest BCUT2D eigenvalue weighted by atomic mass is 32.2. The second-order valence-corrected chi connectivity index (χ2v) is 6.02. The van der Waals surface area contributed by atoms with Gasteiger partial charge in [0.05, 0.1) is 11.4 Å². The first kappa shape index (κ1) is 12.8. The maximum absolute atomic E-state index is 11.5. The Morgan fingerprint density at radius 1 is 1.44 bits per heavy atom. The molecule has 0 unspecified atom stereocenters. The number of nitrogens with two attached hydrogens (primary N) is 1. The normalized spacial score (nSPS) is 11.6. The summed E-state index contributed by atoms with van der Waals surface area (Å²) in [4.78, 5) is 11.5. The summed E-state index contributed by atoms with van der Waals surface area (Å²) in [7, 11) is -2.96. The topological polar surface area (TPSA) is 82.2 Å². The Hall–Kier alpha value is -1.30. The van der Waals surface area contributed by atoms with Crippen LogP contribution in [0.3, 0.4) is 0 Å². The molecule has 0 atom stereocenters. The fraction of sp³-hybridized carbons (Fsp3) is 0.500. The molecule has 0 aromatic carbocycles. The number of nitrogens with zero attached hydrogens (tertiary/aromatic N) is 1. The smallest absolute Gasteiger partial charge is 0.273 e. The number of hydrogen-bond acceptors (Lipinski definition) is 4. The van der Waals surface area contributed by atoms with Crippen LogP contribution >= 0.6 is 0 Å². The molecule has 0 radical (unpaired) electrons. The Bertz CT molecular complexity index is 505. The molecule has 1 rings (SSSR count). The highest BCUT2D eigenvalue weighted by molar-refractivity contribution is 7.91. The molecule has 90 valence electrons. The lowest BCUT2D eigenvalue weighted by molar-refractivity contribution is 0.585. The minimum absolute atomic E-state index is 0.102. The van der Waals surface area contributed by atoms with E-state index in [9.17, 15) is 13.2 Å². The van der Waals surface area contributed by atoms with Gasteiger partial charge in [-0.05, 0) is 18.6 Å². The number of hydrogen-bond donors (Lipinski definition) is 1. The van der Waals surface area contributed by atoms with E-state index in [2.05, 4.69) is 0 Å². The van der Waals surface area contributed by atoms with Crippen molar-refractivity contribution >= 4 is 15.5 Å². The first-order chi connectivity index (χ1) is 7.46. The van der Waals surface area contributed by atoms with Crippen LogP contribution in [0.4, 0.5) is 5.69 Å². The van der Waals surface area contributed by atoms with Crippen molar-refractivity contribution in [2.75, 3.05) is 17.2 Å². The molecule has 0 spiro atoms. The lowest BCUT2D eigenvalue weighted by atomic mass is 10.4. The average molecular weight is 244 g/mol. The number of aryl methyl sites for hydroxylation is 1. The van der Waals surface area contributed by atoms with Gasteiger partial charge in [0.15, 0.2) is 0 Å². The summed E-state index contributed by atoms with van der Waals surface area (Å²) in [6.07, 6.45) is 2.04. The van der Waals surface area contributed by atoms with E-state index in [4.69, 9.17) is 5.73 Å². The van der Waals surface area contributed by atoms with E-state index in [1.165, 1.54) is 10.6 Å². The third kappa shape index (κ3) is 3.37. The molecule has 0 aliphatic heterocycles. The largest absolute Gasteiger partial charge is 0.394 e. The monoisotopic (exact) mass is 244 g/mol. The molecule has 0 saturated heterocycles. The zero-order valence-electron chi connectivity index (χ0n) is 9.22. The van der Waals surface area contributed by atoms with E-state index in [1.54, 1.807) is 19.2 Å². The molecule has 1 heterocycles.